The number of aromatic nitrogens is 7. The molecule has 4 aromatic heterocycles. The van der Waals surface area contributed by atoms with Crippen LogP contribution in [0.4, 0.5) is 4.39 Å². The number of thiophene rings is 1. The molecule has 13 heteroatoms. The van der Waals surface area contributed by atoms with Crippen molar-refractivity contribution in [2.24, 2.45) is 0 Å². The lowest BCUT2D eigenvalue weighted by atomic mass is 9.85. The summed E-state index contributed by atoms with van der Waals surface area (Å²) in [5.41, 5.74) is 5.34. The fraction of sp³-hybridized carbons (Fsp3) is 0.231. The minimum Gasteiger partial charge on any atom is -0.465 e. The second kappa shape index (κ2) is 10.2. The molecular weight excluding hydrogens is 545 g/mol. The molecule has 1 atom stereocenters. The Bertz CT molecular complexity index is 1670. The Kier molecular flexibility index (Phi) is 6.57. The number of methoxy groups -OCH3 is 1. The van der Waals surface area contributed by atoms with Gasteiger partial charge in [-0.25, -0.2) is 14.2 Å². The lowest BCUT2D eigenvalue weighted by molar-refractivity contribution is -0.891. The number of nitrogens with one attached hydrogen (secondary N) is 1. The highest BCUT2D eigenvalue weighted by Crippen LogP contribution is 2.38. The molecule has 0 radical (unpaired) electrons. The van der Waals surface area contributed by atoms with E-state index in [1.54, 1.807) is 34.2 Å². The molecule has 39 heavy (non-hydrogen) atoms. The number of esters is 1. The lowest BCUT2D eigenvalue weighted by Crippen LogP contribution is -2.47. The van der Waals surface area contributed by atoms with E-state index >= 15 is 0 Å². The van der Waals surface area contributed by atoms with Crippen LogP contribution >= 0.6 is 22.9 Å². The van der Waals surface area contributed by atoms with Crippen molar-refractivity contribution in [1.82, 2.24) is 30.2 Å². The number of fused-ring (bicyclic) bond motifs is 1. The molecule has 0 bridgehead atoms. The third-order valence-electron chi connectivity index (χ3n) is 6.80. The summed E-state index contributed by atoms with van der Waals surface area (Å²) in [5, 5.41) is 13.7. The maximum atomic E-state index is 14.9. The molecular formula is C26H22ClFN7O3S+. The Morgan fingerprint density at radius 2 is 2.15 bits per heavy atom. The second-order valence-electron chi connectivity index (χ2n) is 8.97. The summed E-state index contributed by atoms with van der Waals surface area (Å²) in [6, 6.07) is 7.66. The number of rotatable bonds is 6. The number of hydrogen-bond donors (Lipinski definition) is 1. The molecule has 1 aliphatic carbocycles. The summed E-state index contributed by atoms with van der Waals surface area (Å²) in [5.74, 6) is -0.754. The van der Waals surface area contributed by atoms with E-state index in [0.717, 1.165) is 58.7 Å². The molecule has 1 N–H and O–H groups in total. The zero-order valence-corrected chi connectivity index (χ0v) is 22.5. The van der Waals surface area contributed by atoms with E-state index in [4.69, 9.17) is 16.4 Å². The summed E-state index contributed by atoms with van der Waals surface area (Å²) in [6.45, 7) is 0. The van der Waals surface area contributed by atoms with Crippen LogP contribution in [0.3, 0.4) is 0 Å². The molecule has 0 spiro atoms. The van der Waals surface area contributed by atoms with E-state index in [9.17, 15) is 9.18 Å². The molecule has 0 aliphatic heterocycles. The first kappa shape index (κ1) is 25.1. The van der Waals surface area contributed by atoms with Gasteiger partial charge in [0.1, 0.15) is 30.1 Å². The largest absolute Gasteiger partial charge is 0.465 e. The summed E-state index contributed by atoms with van der Waals surface area (Å²) in [4.78, 5) is 25.5. The summed E-state index contributed by atoms with van der Waals surface area (Å²) in [7, 11) is 2.84. The maximum Gasteiger partial charge on any atom is 0.351 e. The van der Waals surface area contributed by atoms with E-state index in [0.29, 0.717) is 16.5 Å². The molecule has 5 aromatic rings. The Morgan fingerprint density at radius 1 is 1.28 bits per heavy atom. The van der Waals surface area contributed by atoms with Crippen molar-refractivity contribution in [2.45, 2.75) is 25.2 Å². The monoisotopic (exact) mass is 566 g/mol. The van der Waals surface area contributed by atoms with Crippen LogP contribution in [0.15, 0.2) is 48.4 Å². The molecule has 1 aliphatic rings. The normalized spacial score (nSPS) is 14.7. The van der Waals surface area contributed by atoms with Crippen LogP contribution in [0.2, 0.25) is 5.02 Å². The Labute approximate surface area is 231 Å². The molecule has 0 saturated carbocycles. The van der Waals surface area contributed by atoms with E-state index in [-0.39, 0.29) is 16.4 Å². The van der Waals surface area contributed by atoms with E-state index in [1.165, 1.54) is 13.4 Å². The molecule has 4 heterocycles. The standard InChI is InChI=1S/C26H22ClFN7O3S/c1-37-26(36)24-22(28)19(12-39-24)20-10-29-25(31-20)17-5-3-4-14-8-15(11-35(38-2)23(14)17)18-9-16(27)6-7-21(18)34-13-30-32-33-34/h6-13,17H,3-5H2,1-2H3,(H,29,31)/q+1. The number of H-pyrrole nitrogens is 1. The highest BCUT2D eigenvalue weighted by molar-refractivity contribution is 7.12. The fourth-order valence-electron chi connectivity index (χ4n) is 5.03. The van der Waals surface area contributed by atoms with E-state index in [2.05, 4.69) is 36.3 Å². The number of benzene rings is 1. The minimum atomic E-state index is -0.704. The third-order valence-corrected chi connectivity index (χ3v) is 7.97. The zero-order valence-electron chi connectivity index (χ0n) is 20.9. The van der Waals surface area contributed by atoms with Gasteiger partial charge < -0.3 is 9.72 Å². The molecule has 1 unspecified atom stereocenters. The number of imidazole rings is 1. The molecule has 198 valence electrons. The number of carbonyl (C=O) groups excluding carboxylic acids is 1. The summed E-state index contributed by atoms with van der Waals surface area (Å²) >= 11 is 7.38. The average Bonchev–Trinajstić information content (AvgIpc) is 3.73. The van der Waals surface area contributed by atoms with Gasteiger partial charge in [-0.05, 0) is 54.0 Å². The molecule has 0 amide bonds. The highest BCUT2D eigenvalue weighted by Gasteiger charge is 2.36. The predicted molar refractivity (Wildman–Crippen MR) is 140 cm³/mol. The summed E-state index contributed by atoms with van der Waals surface area (Å²) in [6.07, 6.45) is 7.63. The number of ether oxygens (including phenoxy) is 1. The van der Waals surface area contributed by atoms with Gasteiger partial charge in [0.05, 0.1) is 30.3 Å². The SMILES string of the molecule is COC(=O)c1scc(-c2cnc(C3CCCc4cc(-c5cc(Cl)ccc5-n5cnnn5)c[n+](OC)c43)[nH]2)c1F. The van der Waals surface area contributed by atoms with Gasteiger partial charge in [0.25, 0.3) is 0 Å². The van der Waals surface area contributed by atoms with Gasteiger partial charge in [0.15, 0.2) is 5.82 Å². The number of tetrazole rings is 1. The van der Waals surface area contributed by atoms with Crippen LogP contribution in [0, 0.1) is 5.82 Å². The first-order chi connectivity index (χ1) is 19.0. The van der Waals surface area contributed by atoms with Gasteiger partial charge >= 0.3 is 5.97 Å². The van der Waals surface area contributed by atoms with Gasteiger partial charge in [-0.15, -0.1) is 16.4 Å². The van der Waals surface area contributed by atoms with Crippen LogP contribution in [0.5, 0.6) is 0 Å². The van der Waals surface area contributed by atoms with Crippen molar-refractivity contribution < 1.29 is 23.5 Å². The Hall–Kier alpha value is -4.16. The van der Waals surface area contributed by atoms with Gasteiger partial charge in [-0.1, -0.05) is 11.6 Å². The number of aromatic amines is 1. The van der Waals surface area contributed by atoms with Crippen LogP contribution in [0.1, 0.15) is 45.5 Å². The zero-order chi connectivity index (χ0) is 27.1. The number of halogens is 2. The maximum absolute atomic E-state index is 14.9. The Balaban J connectivity index is 1.41. The molecule has 10 nitrogen and oxygen atoms in total. The number of pyridine rings is 1. The van der Waals surface area contributed by atoms with Crippen molar-refractivity contribution >= 4 is 28.9 Å². The number of nitrogens with zero attached hydrogens (tertiary/aromatic N) is 6. The van der Waals surface area contributed by atoms with Gasteiger partial charge in [-0.2, -0.15) is 4.68 Å². The van der Waals surface area contributed by atoms with E-state index in [1.807, 2.05) is 18.3 Å². The fourth-order valence-corrected chi connectivity index (χ4v) is 6.06. The molecule has 6 rings (SSSR count). The van der Waals surface area contributed by atoms with Gasteiger partial charge in [-0.3, -0.25) is 4.84 Å². The molecule has 1 aromatic carbocycles. The topological polar surface area (TPSA) is 112 Å². The number of carbonyl (C=O) groups is 1. The van der Waals surface area contributed by atoms with Crippen LogP contribution in [-0.2, 0) is 11.2 Å². The quantitative estimate of drug-likeness (QED) is 0.242. The second-order valence-corrected chi connectivity index (χ2v) is 10.3. The smallest absolute Gasteiger partial charge is 0.351 e. The Morgan fingerprint density at radius 3 is 2.92 bits per heavy atom. The predicted octanol–water partition coefficient (Wildman–Crippen LogP) is 4.17. The van der Waals surface area contributed by atoms with Crippen LogP contribution in [-0.4, -0.2) is 50.4 Å². The van der Waals surface area contributed by atoms with Crippen molar-refractivity contribution in [1.29, 1.82) is 0 Å². The van der Waals surface area contributed by atoms with E-state index < -0.39 is 11.8 Å². The third kappa shape index (κ3) is 4.45. The lowest BCUT2D eigenvalue weighted by Gasteiger charge is -2.21. The van der Waals surface area contributed by atoms with Crippen LogP contribution < -0.4 is 9.57 Å². The molecule has 0 fully saturated rings. The van der Waals surface area contributed by atoms with Crippen molar-refractivity contribution in [3.8, 4) is 28.1 Å². The van der Waals surface area contributed by atoms with Crippen molar-refractivity contribution in [3.05, 3.63) is 81.2 Å². The van der Waals surface area contributed by atoms with Crippen molar-refractivity contribution in [2.75, 3.05) is 14.2 Å². The number of aryl methyl sites for hydroxylation is 1. The van der Waals surface area contributed by atoms with Crippen molar-refractivity contribution in [3.63, 3.8) is 0 Å². The first-order valence-corrected chi connectivity index (χ1v) is 13.3. The average molecular weight is 567 g/mol. The van der Waals surface area contributed by atoms with Gasteiger partial charge in [0, 0.05) is 31.8 Å². The van der Waals surface area contributed by atoms with Crippen LogP contribution in [0.25, 0.3) is 28.1 Å². The number of hydrogen-bond acceptors (Lipinski definition) is 8. The molecule has 0 saturated heterocycles. The summed E-state index contributed by atoms with van der Waals surface area (Å²) < 4.78 is 23.0. The highest BCUT2D eigenvalue weighted by atomic mass is 35.5. The minimum absolute atomic E-state index is 0.0709. The van der Waals surface area contributed by atoms with Gasteiger partial charge in [0.2, 0.25) is 11.9 Å². The first-order valence-electron chi connectivity index (χ1n) is 12.0.